The van der Waals surface area contributed by atoms with Crippen LogP contribution in [0.25, 0.3) is 0 Å². The Kier molecular flexibility index (Phi) is 4.04. The number of nitrogens with two attached hydrogens (primary N) is 1. The zero-order valence-corrected chi connectivity index (χ0v) is 10.5. The van der Waals surface area contributed by atoms with Crippen LogP contribution in [0.4, 0.5) is 5.82 Å². The molecule has 0 fully saturated rings. The first-order chi connectivity index (χ1) is 7.89. The number of pyridine rings is 1. The van der Waals surface area contributed by atoms with Gasteiger partial charge in [0.15, 0.2) is 0 Å². The Bertz CT molecular complexity index is 535. The van der Waals surface area contributed by atoms with Gasteiger partial charge in [-0.2, -0.15) is 9.57 Å². The van der Waals surface area contributed by atoms with Gasteiger partial charge < -0.3 is 5.73 Å². The van der Waals surface area contributed by atoms with Gasteiger partial charge >= 0.3 is 0 Å². The Hall–Kier alpha value is -1.65. The molecule has 17 heavy (non-hydrogen) atoms. The monoisotopic (exact) mass is 254 g/mol. The van der Waals surface area contributed by atoms with E-state index in [1.54, 1.807) is 6.92 Å². The summed E-state index contributed by atoms with van der Waals surface area (Å²) >= 11 is 0. The van der Waals surface area contributed by atoms with Gasteiger partial charge in [0, 0.05) is 19.8 Å². The fourth-order valence-corrected chi connectivity index (χ4v) is 2.64. The van der Waals surface area contributed by atoms with Gasteiger partial charge in [0.2, 0.25) is 10.0 Å². The Morgan fingerprint density at radius 3 is 2.82 bits per heavy atom. The van der Waals surface area contributed by atoms with Crippen LogP contribution < -0.4 is 5.73 Å². The summed E-state index contributed by atoms with van der Waals surface area (Å²) in [6.07, 6.45) is 1.42. The number of aromatic nitrogens is 1. The quantitative estimate of drug-likeness (QED) is 0.840. The largest absolute Gasteiger partial charge is 0.383 e. The molecule has 2 N–H and O–H groups in total. The number of sulfonamides is 1. The van der Waals surface area contributed by atoms with Crippen LogP contribution in [0.3, 0.4) is 0 Å². The first-order valence-electron chi connectivity index (χ1n) is 4.96. The van der Waals surface area contributed by atoms with Crippen LogP contribution >= 0.6 is 0 Å². The van der Waals surface area contributed by atoms with Crippen molar-refractivity contribution < 1.29 is 8.42 Å². The van der Waals surface area contributed by atoms with E-state index >= 15 is 0 Å². The van der Waals surface area contributed by atoms with Gasteiger partial charge in [-0.25, -0.2) is 13.4 Å². The van der Waals surface area contributed by atoms with Crippen molar-refractivity contribution in [2.45, 2.75) is 11.8 Å². The summed E-state index contributed by atoms with van der Waals surface area (Å²) in [4.78, 5) is 3.70. The lowest BCUT2D eigenvalue weighted by molar-refractivity contribution is 0.439. The van der Waals surface area contributed by atoms with Gasteiger partial charge in [0.1, 0.15) is 10.7 Å². The summed E-state index contributed by atoms with van der Waals surface area (Å²) < 4.78 is 25.3. The molecular weight excluding hydrogens is 240 g/mol. The van der Waals surface area contributed by atoms with E-state index in [0.29, 0.717) is 0 Å². The molecule has 1 heterocycles. The van der Waals surface area contributed by atoms with Crippen molar-refractivity contribution >= 4 is 15.8 Å². The summed E-state index contributed by atoms with van der Waals surface area (Å²) in [6.45, 7) is 1.77. The van der Waals surface area contributed by atoms with E-state index in [-0.39, 0.29) is 23.2 Å². The van der Waals surface area contributed by atoms with Crippen LogP contribution in [-0.4, -0.2) is 31.3 Å². The van der Waals surface area contributed by atoms with Crippen molar-refractivity contribution in [3.8, 4) is 6.07 Å². The van der Waals surface area contributed by atoms with Crippen LogP contribution in [0, 0.1) is 17.2 Å². The molecule has 0 amide bonds. The second-order valence-electron chi connectivity index (χ2n) is 3.70. The molecule has 0 aliphatic carbocycles. The number of anilines is 1. The molecule has 1 rings (SSSR count). The van der Waals surface area contributed by atoms with Gasteiger partial charge in [-0.1, -0.05) is 0 Å². The minimum Gasteiger partial charge on any atom is -0.383 e. The molecule has 1 aromatic heterocycles. The average Bonchev–Trinajstić information content (AvgIpc) is 2.29. The van der Waals surface area contributed by atoms with Crippen molar-refractivity contribution in [3.63, 3.8) is 0 Å². The first kappa shape index (κ1) is 13.4. The van der Waals surface area contributed by atoms with Gasteiger partial charge in [0.25, 0.3) is 0 Å². The normalized spacial score (nSPS) is 13.3. The van der Waals surface area contributed by atoms with E-state index in [2.05, 4.69) is 4.98 Å². The first-order valence-corrected chi connectivity index (χ1v) is 6.40. The molecule has 0 spiro atoms. The molecular formula is C10H14N4O2S. The molecule has 0 bridgehead atoms. The smallest absolute Gasteiger partial charge is 0.246 e. The van der Waals surface area contributed by atoms with Gasteiger partial charge in [-0.05, 0) is 19.1 Å². The Labute approximate surface area is 101 Å². The number of rotatable bonds is 4. The van der Waals surface area contributed by atoms with Crippen LogP contribution in [0.2, 0.25) is 0 Å². The average molecular weight is 254 g/mol. The van der Waals surface area contributed by atoms with Crippen molar-refractivity contribution in [3.05, 3.63) is 18.3 Å². The van der Waals surface area contributed by atoms with Crippen LogP contribution in [0.1, 0.15) is 6.92 Å². The van der Waals surface area contributed by atoms with Crippen LogP contribution in [0.5, 0.6) is 0 Å². The highest BCUT2D eigenvalue weighted by atomic mass is 32.2. The highest BCUT2D eigenvalue weighted by Gasteiger charge is 2.24. The lowest BCUT2D eigenvalue weighted by Crippen LogP contribution is -2.31. The second-order valence-corrected chi connectivity index (χ2v) is 5.72. The minimum absolute atomic E-state index is 0.0346. The maximum Gasteiger partial charge on any atom is 0.246 e. The number of nitrogens with zero attached hydrogens (tertiary/aromatic N) is 3. The van der Waals surface area contributed by atoms with Crippen molar-refractivity contribution in [2.24, 2.45) is 5.92 Å². The molecule has 0 saturated carbocycles. The van der Waals surface area contributed by atoms with Gasteiger partial charge in [0.05, 0.1) is 12.0 Å². The molecule has 1 aromatic rings. The second kappa shape index (κ2) is 5.12. The van der Waals surface area contributed by atoms with E-state index in [1.807, 2.05) is 6.07 Å². The molecule has 7 heteroatoms. The third kappa shape index (κ3) is 2.93. The number of nitrogen functional groups attached to an aromatic ring is 1. The van der Waals surface area contributed by atoms with E-state index in [9.17, 15) is 8.42 Å². The Morgan fingerprint density at radius 1 is 1.65 bits per heavy atom. The number of hydrogen-bond donors (Lipinski definition) is 1. The van der Waals surface area contributed by atoms with E-state index < -0.39 is 10.0 Å². The molecule has 0 saturated heterocycles. The van der Waals surface area contributed by atoms with Crippen molar-refractivity contribution in [1.29, 1.82) is 5.26 Å². The van der Waals surface area contributed by atoms with Gasteiger partial charge in [-0.15, -0.1) is 0 Å². The predicted octanol–water partition coefficient (Wildman–Crippen LogP) is 0.444. The lowest BCUT2D eigenvalue weighted by atomic mass is 10.2. The zero-order valence-electron chi connectivity index (χ0n) is 9.66. The highest BCUT2D eigenvalue weighted by Crippen LogP contribution is 2.19. The molecule has 1 atom stereocenters. The Morgan fingerprint density at radius 2 is 2.29 bits per heavy atom. The standard InChI is InChI=1S/C10H14N4O2S/c1-8(6-11)7-14(2)17(15,16)9-4-3-5-13-10(9)12/h3-5,8H,7H2,1-2H3,(H2,12,13). The molecule has 92 valence electrons. The maximum absolute atomic E-state index is 12.1. The molecule has 6 nitrogen and oxygen atoms in total. The van der Waals surface area contributed by atoms with E-state index in [4.69, 9.17) is 11.0 Å². The zero-order chi connectivity index (χ0) is 13.1. The minimum atomic E-state index is -3.68. The summed E-state index contributed by atoms with van der Waals surface area (Å²) in [6, 6.07) is 4.88. The van der Waals surface area contributed by atoms with Crippen LogP contribution in [0.15, 0.2) is 23.2 Å². The van der Waals surface area contributed by atoms with Gasteiger partial charge in [-0.3, -0.25) is 0 Å². The summed E-state index contributed by atoms with van der Waals surface area (Å²) in [5.74, 6) is -0.420. The van der Waals surface area contributed by atoms with E-state index in [1.165, 1.54) is 25.4 Å². The SMILES string of the molecule is CC(C#N)CN(C)S(=O)(=O)c1cccnc1N. The molecule has 0 radical (unpaired) electrons. The predicted molar refractivity (Wildman–Crippen MR) is 63.2 cm³/mol. The number of hydrogen-bond acceptors (Lipinski definition) is 5. The topological polar surface area (TPSA) is 100 Å². The highest BCUT2D eigenvalue weighted by molar-refractivity contribution is 7.89. The number of nitriles is 1. The Balaban J connectivity index is 3.05. The molecule has 0 aliphatic rings. The maximum atomic E-state index is 12.1. The third-order valence-electron chi connectivity index (χ3n) is 2.24. The van der Waals surface area contributed by atoms with Crippen molar-refractivity contribution in [1.82, 2.24) is 9.29 Å². The fraction of sp³-hybridized carbons (Fsp3) is 0.400. The molecule has 0 aromatic carbocycles. The molecule has 0 aliphatic heterocycles. The summed E-state index contributed by atoms with van der Waals surface area (Å²) in [5.41, 5.74) is 5.53. The fourth-order valence-electron chi connectivity index (χ4n) is 1.31. The summed E-state index contributed by atoms with van der Waals surface area (Å²) in [5, 5.41) is 8.67. The van der Waals surface area contributed by atoms with E-state index in [0.717, 1.165) is 4.31 Å². The van der Waals surface area contributed by atoms with Crippen LogP contribution in [-0.2, 0) is 10.0 Å². The van der Waals surface area contributed by atoms with Crippen molar-refractivity contribution in [2.75, 3.05) is 19.3 Å². The lowest BCUT2D eigenvalue weighted by Gasteiger charge is -2.18. The summed E-state index contributed by atoms with van der Waals surface area (Å²) in [7, 11) is -2.27. The molecule has 1 unspecified atom stereocenters. The third-order valence-corrected chi connectivity index (χ3v) is 4.11.